The van der Waals surface area contributed by atoms with Gasteiger partial charge in [-0.1, -0.05) is 31.0 Å². The molecule has 2 aromatic rings. The van der Waals surface area contributed by atoms with E-state index in [1.807, 2.05) is 22.9 Å². The van der Waals surface area contributed by atoms with Crippen molar-refractivity contribution < 1.29 is 4.74 Å². The van der Waals surface area contributed by atoms with Gasteiger partial charge in [-0.3, -0.25) is 4.90 Å². The Kier molecular flexibility index (Phi) is 6.44. The van der Waals surface area contributed by atoms with Crippen LogP contribution < -0.4 is 4.90 Å². The maximum atomic E-state index is 6.17. The summed E-state index contributed by atoms with van der Waals surface area (Å²) < 4.78 is 7.76. The molecule has 0 saturated carbocycles. The molecule has 4 rings (SSSR count). The van der Waals surface area contributed by atoms with Crippen LogP contribution in [0.25, 0.3) is 0 Å². The summed E-state index contributed by atoms with van der Waals surface area (Å²) in [6, 6.07) is 8.37. The highest BCUT2D eigenvalue weighted by molar-refractivity contribution is 6.30. The number of hydrogen-bond acceptors (Lipinski definition) is 6. The van der Waals surface area contributed by atoms with Crippen LogP contribution in [0.3, 0.4) is 0 Å². The zero-order valence-corrected chi connectivity index (χ0v) is 17.3. The topological polar surface area (TPSA) is 59.3 Å². The first-order chi connectivity index (χ1) is 13.7. The van der Waals surface area contributed by atoms with Gasteiger partial charge < -0.3 is 9.64 Å². The van der Waals surface area contributed by atoms with Gasteiger partial charge in [-0.05, 0) is 47.9 Å². The van der Waals surface area contributed by atoms with Crippen molar-refractivity contribution in [3.8, 4) is 0 Å². The van der Waals surface area contributed by atoms with Crippen LogP contribution in [-0.4, -0.2) is 64.0 Å². The van der Waals surface area contributed by atoms with E-state index in [2.05, 4.69) is 38.3 Å². The van der Waals surface area contributed by atoms with Crippen LogP contribution in [0.1, 0.15) is 44.5 Å². The maximum absolute atomic E-state index is 6.17. The predicted octanol–water partition coefficient (Wildman–Crippen LogP) is 3.17. The summed E-state index contributed by atoms with van der Waals surface area (Å²) in [5, 5.41) is 13.5. The third-order valence-corrected chi connectivity index (χ3v) is 5.98. The lowest BCUT2D eigenvalue weighted by molar-refractivity contribution is 0.0891. The molecular weight excluding hydrogens is 376 g/mol. The molecule has 0 aliphatic carbocycles. The smallest absolute Gasteiger partial charge is 0.168 e. The first-order valence-electron chi connectivity index (χ1n) is 10.4. The molecular formula is C20H29ClN6O. The fourth-order valence-corrected chi connectivity index (χ4v) is 4.46. The van der Waals surface area contributed by atoms with Gasteiger partial charge in [-0.25, -0.2) is 4.68 Å². The second-order valence-corrected chi connectivity index (χ2v) is 8.10. The highest BCUT2D eigenvalue weighted by Crippen LogP contribution is 2.28. The van der Waals surface area contributed by atoms with E-state index in [0.717, 1.165) is 75.9 Å². The van der Waals surface area contributed by atoms with Gasteiger partial charge in [-0.2, -0.15) is 0 Å². The molecule has 1 aromatic heterocycles. The Morgan fingerprint density at radius 2 is 2.11 bits per heavy atom. The number of tetrazole rings is 1. The predicted molar refractivity (Wildman–Crippen MR) is 110 cm³/mol. The lowest BCUT2D eigenvalue weighted by atomic mass is 10.1. The third kappa shape index (κ3) is 4.47. The van der Waals surface area contributed by atoms with Crippen LogP contribution in [0.4, 0.5) is 5.69 Å². The average Bonchev–Trinajstić information content (AvgIpc) is 3.39. The molecule has 8 heteroatoms. The maximum Gasteiger partial charge on any atom is 0.168 e. The number of anilines is 1. The SMILES string of the molecule is CCC[C@@H](c1nnnn1C[C@@H]1CCCO1)N1CCN(c2cccc(Cl)c2)CC1. The summed E-state index contributed by atoms with van der Waals surface area (Å²) in [5.41, 5.74) is 1.20. The van der Waals surface area contributed by atoms with Crippen LogP contribution in [0, 0.1) is 0 Å². The molecule has 28 heavy (non-hydrogen) atoms. The largest absolute Gasteiger partial charge is 0.376 e. The molecule has 2 saturated heterocycles. The van der Waals surface area contributed by atoms with Crippen LogP contribution in [0.2, 0.25) is 5.02 Å². The Hall–Kier alpha value is -1.70. The van der Waals surface area contributed by atoms with Crippen molar-refractivity contribution in [3.05, 3.63) is 35.1 Å². The second-order valence-electron chi connectivity index (χ2n) is 7.66. The molecule has 1 aromatic carbocycles. The number of hydrogen-bond donors (Lipinski definition) is 0. The lowest BCUT2D eigenvalue weighted by Gasteiger charge is -2.39. The summed E-state index contributed by atoms with van der Waals surface area (Å²) in [6.07, 6.45) is 4.63. The first kappa shape index (κ1) is 19.6. The van der Waals surface area contributed by atoms with Gasteiger partial charge in [0, 0.05) is 43.5 Å². The standard InChI is InChI=1S/C20H29ClN6O/c1-2-5-19(20-22-23-24-27(20)15-18-8-4-13-28-18)26-11-9-25(10-12-26)17-7-3-6-16(21)14-17/h3,6-7,14,18-19H,2,4-5,8-13,15H2,1H3/t18-,19-/m0/s1. The van der Waals surface area contributed by atoms with Crippen LogP contribution in [0.15, 0.2) is 24.3 Å². The minimum absolute atomic E-state index is 0.240. The molecule has 152 valence electrons. The number of aromatic nitrogens is 4. The molecule has 2 aliphatic rings. The number of benzene rings is 1. The average molecular weight is 405 g/mol. The van der Waals surface area contributed by atoms with Crippen molar-refractivity contribution in [2.75, 3.05) is 37.7 Å². The normalized spacial score (nSPS) is 21.9. The third-order valence-electron chi connectivity index (χ3n) is 5.75. The molecule has 3 heterocycles. The minimum Gasteiger partial charge on any atom is -0.376 e. The van der Waals surface area contributed by atoms with Gasteiger partial charge in [0.05, 0.1) is 18.7 Å². The van der Waals surface area contributed by atoms with E-state index in [-0.39, 0.29) is 12.1 Å². The number of nitrogens with zero attached hydrogens (tertiary/aromatic N) is 6. The Morgan fingerprint density at radius 3 is 2.82 bits per heavy atom. The van der Waals surface area contributed by atoms with Gasteiger partial charge in [-0.15, -0.1) is 5.10 Å². The van der Waals surface area contributed by atoms with E-state index in [0.29, 0.717) is 0 Å². The van der Waals surface area contributed by atoms with E-state index in [9.17, 15) is 0 Å². The fraction of sp³-hybridized carbons (Fsp3) is 0.650. The summed E-state index contributed by atoms with van der Waals surface area (Å²) in [4.78, 5) is 4.93. The second kappa shape index (κ2) is 9.20. The minimum atomic E-state index is 0.240. The molecule has 2 fully saturated rings. The van der Waals surface area contributed by atoms with E-state index < -0.39 is 0 Å². The summed E-state index contributed by atoms with van der Waals surface area (Å²) >= 11 is 6.17. The Bertz CT molecular complexity index is 755. The summed E-state index contributed by atoms with van der Waals surface area (Å²) in [7, 11) is 0. The molecule has 2 atom stereocenters. The molecule has 7 nitrogen and oxygen atoms in total. The number of ether oxygens (including phenoxy) is 1. The Morgan fingerprint density at radius 1 is 1.25 bits per heavy atom. The highest BCUT2D eigenvalue weighted by atomic mass is 35.5. The number of halogens is 1. The van der Waals surface area contributed by atoms with E-state index in [4.69, 9.17) is 16.3 Å². The van der Waals surface area contributed by atoms with Gasteiger partial charge in [0.2, 0.25) is 0 Å². The van der Waals surface area contributed by atoms with Crippen molar-refractivity contribution >= 4 is 17.3 Å². The van der Waals surface area contributed by atoms with Gasteiger partial charge >= 0.3 is 0 Å². The van der Waals surface area contributed by atoms with E-state index in [1.165, 1.54) is 5.69 Å². The zero-order chi connectivity index (χ0) is 19.3. The van der Waals surface area contributed by atoms with E-state index >= 15 is 0 Å². The van der Waals surface area contributed by atoms with Crippen molar-refractivity contribution in [3.63, 3.8) is 0 Å². The number of rotatable bonds is 7. The zero-order valence-electron chi connectivity index (χ0n) is 16.5. The monoisotopic (exact) mass is 404 g/mol. The first-order valence-corrected chi connectivity index (χ1v) is 10.7. The molecule has 0 bridgehead atoms. The van der Waals surface area contributed by atoms with Crippen LogP contribution >= 0.6 is 11.6 Å². The highest BCUT2D eigenvalue weighted by Gasteiger charge is 2.29. The Balaban J connectivity index is 1.44. The summed E-state index contributed by atoms with van der Waals surface area (Å²) in [6.45, 7) is 7.77. The Labute approximate surface area is 171 Å². The number of piperazine rings is 1. The van der Waals surface area contributed by atoms with Crippen molar-refractivity contribution in [2.24, 2.45) is 0 Å². The fourth-order valence-electron chi connectivity index (χ4n) is 4.27. The molecule has 0 amide bonds. The molecule has 0 N–H and O–H groups in total. The quantitative estimate of drug-likeness (QED) is 0.706. The van der Waals surface area contributed by atoms with Crippen molar-refractivity contribution in [1.29, 1.82) is 0 Å². The molecule has 2 aliphatic heterocycles. The van der Waals surface area contributed by atoms with Gasteiger partial charge in [0.25, 0.3) is 0 Å². The molecule has 0 spiro atoms. The van der Waals surface area contributed by atoms with Crippen molar-refractivity contribution in [1.82, 2.24) is 25.1 Å². The molecule has 0 unspecified atom stereocenters. The van der Waals surface area contributed by atoms with Crippen LogP contribution in [0.5, 0.6) is 0 Å². The summed E-state index contributed by atoms with van der Waals surface area (Å²) in [5.74, 6) is 0.980. The lowest BCUT2D eigenvalue weighted by Crippen LogP contribution is -2.48. The molecule has 0 radical (unpaired) electrons. The van der Waals surface area contributed by atoms with Crippen LogP contribution in [-0.2, 0) is 11.3 Å². The van der Waals surface area contributed by atoms with Gasteiger partial charge in [0.15, 0.2) is 5.82 Å². The van der Waals surface area contributed by atoms with Crippen molar-refractivity contribution in [2.45, 2.75) is 51.3 Å². The van der Waals surface area contributed by atoms with E-state index in [1.54, 1.807) is 0 Å². The van der Waals surface area contributed by atoms with Gasteiger partial charge in [0.1, 0.15) is 0 Å².